The maximum atomic E-state index is 12.1. The monoisotopic (exact) mass is 283 g/mol. The van der Waals surface area contributed by atoms with Crippen molar-refractivity contribution >= 4 is 23.2 Å². The van der Waals surface area contributed by atoms with Crippen molar-refractivity contribution < 1.29 is 9.59 Å². The van der Waals surface area contributed by atoms with Gasteiger partial charge in [-0.1, -0.05) is 0 Å². The third-order valence-corrected chi connectivity index (χ3v) is 4.06. The van der Waals surface area contributed by atoms with E-state index in [-0.39, 0.29) is 17.9 Å². The van der Waals surface area contributed by atoms with E-state index in [1.807, 2.05) is 20.8 Å². The van der Waals surface area contributed by atoms with E-state index >= 15 is 0 Å². The predicted octanol–water partition coefficient (Wildman–Crippen LogP) is 1.29. The van der Waals surface area contributed by atoms with Gasteiger partial charge >= 0.3 is 0 Å². The van der Waals surface area contributed by atoms with E-state index in [1.165, 1.54) is 0 Å². The van der Waals surface area contributed by atoms with Crippen molar-refractivity contribution in [3.63, 3.8) is 0 Å². The summed E-state index contributed by atoms with van der Waals surface area (Å²) in [7, 11) is 3.32. The van der Waals surface area contributed by atoms with Crippen LogP contribution in [0.5, 0.6) is 0 Å². The number of aryl methyl sites for hydroxylation is 2. The van der Waals surface area contributed by atoms with Gasteiger partial charge in [0.25, 0.3) is 0 Å². The molecule has 0 fully saturated rings. The number of rotatable bonds is 5. The van der Waals surface area contributed by atoms with E-state index in [0.29, 0.717) is 12.8 Å². The van der Waals surface area contributed by atoms with Crippen LogP contribution in [0, 0.1) is 13.8 Å². The van der Waals surface area contributed by atoms with Gasteiger partial charge in [-0.25, -0.2) is 4.98 Å². The van der Waals surface area contributed by atoms with Crippen LogP contribution in [0.15, 0.2) is 0 Å². The molecule has 1 N–H and O–H groups in total. The second kappa shape index (κ2) is 6.65. The Morgan fingerprint density at radius 3 is 2.53 bits per heavy atom. The first-order valence-corrected chi connectivity index (χ1v) is 7.06. The van der Waals surface area contributed by atoms with Crippen LogP contribution in [-0.4, -0.2) is 41.8 Å². The molecule has 0 spiro atoms. The largest absolute Gasteiger partial charge is 0.359 e. The number of carbonyl (C=O) groups is 2. The minimum Gasteiger partial charge on any atom is -0.359 e. The minimum absolute atomic E-state index is 0.00944. The van der Waals surface area contributed by atoms with Gasteiger partial charge in [-0.3, -0.25) is 9.59 Å². The summed E-state index contributed by atoms with van der Waals surface area (Å²) in [6, 6.07) is -0.118. The van der Waals surface area contributed by atoms with Crippen LogP contribution in [0.3, 0.4) is 0 Å². The number of aromatic nitrogens is 1. The average Bonchev–Trinajstić information content (AvgIpc) is 2.66. The van der Waals surface area contributed by atoms with E-state index in [1.54, 1.807) is 30.3 Å². The van der Waals surface area contributed by atoms with Crippen molar-refractivity contribution in [3.05, 3.63) is 15.6 Å². The van der Waals surface area contributed by atoms with Crippen LogP contribution in [-0.2, 0) is 16.0 Å². The third kappa shape index (κ3) is 4.31. The lowest BCUT2D eigenvalue weighted by atomic mass is 10.1. The number of amides is 2. The van der Waals surface area contributed by atoms with Gasteiger partial charge in [-0.2, -0.15) is 0 Å². The fourth-order valence-electron chi connectivity index (χ4n) is 1.76. The Balaban J connectivity index is 2.62. The molecule has 1 aromatic heterocycles. The lowest BCUT2D eigenvalue weighted by Crippen LogP contribution is -2.39. The van der Waals surface area contributed by atoms with Gasteiger partial charge in [0.2, 0.25) is 11.8 Å². The fraction of sp³-hybridized carbons (Fsp3) is 0.615. The van der Waals surface area contributed by atoms with Crippen LogP contribution in [0.25, 0.3) is 0 Å². The smallest absolute Gasteiger partial charge is 0.228 e. The summed E-state index contributed by atoms with van der Waals surface area (Å²) in [6.07, 6.45) is 0.610. The number of thiazole rings is 1. The van der Waals surface area contributed by atoms with Crippen molar-refractivity contribution in [3.8, 4) is 0 Å². The highest BCUT2D eigenvalue weighted by Gasteiger charge is 2.20. The second-order valence-corrected chi connectivity index (χ2v) is 6.05. The summed E-state index contributed by atoms with van der Waals surface area (Å²) in [6.45, 7) is 5.77. The summed E-state index contributed by atoms with van der Waals surface area (Å²) in [5.74, 6) is -0.0716. The standard InChI is InChI=1S/C13H21N3O2S/c1-8(6-12(17)14-4)16(5)13(18)7-11-9(2)19-10(3)15-11/h8H,6-7H2,1-5H3,(H,14,17)/t8-/m1/s1. The van der Waals surface area contributed by atoms with Gasteiger partial charge in [0.1, 0.15) is 0 Å². The van der Waals surface area contributed by atoms with E-state index in [2.05, 4.69) is 10.3 Å². The fourth-order valence-corrected chi connectivity index (χ4v) is 2.59. The van der Waals surface area contributed by atoms with Crippen molar-refractivity contribution in [2.75, 3.05) is 14.1 Å². The Morgan fingerprint density at radius 2 is 2.05 bits per heavy atom. The average molecular weight is 283 g/mol. The van der Waals surface area contributed by atoms with E-state index in [0.717, 1.165) is 15.6 Å². The maximum Gasteiger partial charge on any atom is 0.228 e. The molecule has 2 amide bonds. The molecule has 1 atom stereocenters. The number of likely N-dealkylation sites (N-methyl/N-ethyl adjacent to an activating group) is 1. The highest BCUT2D eigenvalue weighted by molar-refractivity contribution is 7.11. The molecule has 0 aliphatic heterocycles. The van der Waals surface area contributed by atoms with Gasteiger partial charge in [0.05, 0.1) is 17.1 Å². The molecule has 19 heavy (non-hydrogen) atoms. The van der Waals surface area contributed by atoms with Crippen LogP contribution >= 0.6 is 11.3 Å². The SMILES string of the molecule is CNC(=O)C[C@@H](C)N(C)C(=O)Cc1nc(C)sc1C. The number of hydrogen-bond acceptors (Lipinski definition) is 4. The molecular formula is C13H21N3O2S. The predicted molar refractivity (Wildman–Crippen MR) is 76.2 cm³/mol. The normalized spacial score (nSPS) is 12.1. The summed E-state index contributed by atoms with van der Waals surface area (Å²) >= 11 is 1.60. The maximum absolute atomic E-state index is 12.1. The topological polar surface area (TPSA) is 62.3 Å². The molecule has 6 heteroatoms. The van der Waals surface area contributed by atoms with Crippen molar-refractivity contribution in [1.82, 2.24) is 15.2 Å². The zero-order valence-corrected chi connectivity index (χ0v) is 12.9. The van der Waals surface area contributed by atoms with Crippen molar-refractivity contribution in [2.24, 2.45) is 0 Å². The lowest BCUT2D eigenvalue weighted by Gasteiger charge is -2.24. The lowest BCUT2D eigenvalue weighted by molar-refractivity contribution is -0.132. The first kappa shape index (κ1) is 15.6. The molecule has 0 aliphatic rings. The Hall–Kier alpha value is -1.43. The van der Waals surface area contributed by atoms with Gasteiger partial charge in [-0.15, -0.1) is 11.3 Å². The quantitative estimate of drug-likeness (QED) is 0.885. The molecule has 0 radical (unpaired) electrons. The van der Waals surface area contributed by atoms with E-state index in [9.17, 15) is 9.59 Å². The number of nitrogens with one attached hydrogen (secondary N) is 1. The third-order valence-electron chi connectivity index (χ3n) is 3.13. The van der Waals surface area contributed by atoms with E-state index < -0.39 is 0 Å². The summed E-state index contributed by atoms with van der Waals surface area (Å²) in [5.41, 5.74) is 0.839. The Kier molecular flexibility index (Phi) is 5.47. The van der Waals surface area contributed by atoms with Gasteiger partial charge in [0, 0.05) is 31.4 Å². The van der Waals surface area contributed by atoms with Crippen LogP contribution in [0.1, 0.15) is 28.9 Å². The number of carbonyl (C=O) groups excluding carboxylic acids is 2. The molecular weight excluding hydrogens is 262 g/mol. The molecule has 1 heterocycles. The molecule has 5 nitrogen and oxygen atoms in total. The molecule has 0 saturated carbocycles. The molecule has 1 rings (SSSR count). The minimum atomic E-state index is -0.118. The molecule has 106 valence electrons. The highest BCUT2D eigenvalue weighted by Crippen LogP contribution is 2.17. The van der Waals surface area contributed by atoms with E-state index in [4.69, 9.17) is 0 Å². The Bertz CT molecular complexity index is 470. The van der Waals surface area contributed by atoms with Crippen LogP contribution < -0.4 is 5.32 Å². The van der Waals surface area contributed by atoms with Crippen molar-refractivity contribution in [2.45, 2.75) is 39.7 Å². The second-order valence-electron chi connectivity index (χ2n) is 4.64. The number of hydrogen-bond donors (Lipinski definition) is 1. The van der Waals surface area contributed by atoms with Gasteiger partial charge < -0.3 is 10.2 Å². The Labute approximate surface area is 118 Å². The molecule has 0 saturated heterocycles. The van der Waals surface area contributed by atoms with Crippen molar-refractivity contribution in [1.29, 1.82) is 0 Å². The number of nitrogens with zero attached hydrogens (tertiary/aromatic N) is 2. The molecule has 0 aromatic carbocycles. The molecule has 1 aromatic rings. The first-order chi connectivity index (χ1) is 8.85. The first-order valence-electron chi connectivity index (χ1n) is 6.24. The molecule has 0 bridgehead atoms. The summed E-state index contributed by atoms with van der Waals surface area (Å²) in [4.78, 5) is 30.5. The van der Waals surface area contributed by atoms with Gasteiger partial charge in [0.15, 0.2) is 0 Å². The molecule has 0 aliphatic carbocycles. The zero-order valence-electron chi connectivity index (χ0n) is 12.1. The summed E-state index contributed by atoms with van der Waals surface area (Å²) < 4.78 is 0. The van der Waals surface area contributed by atoms with Crippen LogP contribution in [0.2, 0.25) is 0 Å². The summed E-state index contributed by atoms with van der Waals surface area (Å²) in [5, 5.41) is 3.54. The van der Waals surface area contributed by atoms with Crippen LogP contribution in [0.4, 0.5) is 0 Å². The highest BCUT2D eigenvalue weighted by atomic mass is 32.1. The van der Waals surface area contributed by atoms with Gasteiger partial charge in [-0.05, 0) is 20.8 Å². The Morgan fingerprint density at radius 1 is 1.42 bits per heavy atom. The zero-order chi connectivity index (χ0) is 14.6. The molecule has 0 unspecified atom stereocenters.